The van der Waals surface area contributed by atoms with Gasteiger partial charge in [-0.3, -0.25) is 4.79 Å². The number of sulfone groups is 1. The van der Waals surface area contributed by atoms with Gasteiger partial charge in [0, 0.05) is 18.9 Å². The third kappa shape index (κ3) is 4.46. The largest absolute Gasteiger partial charge is 0.467 e. The molecule has 0 bridgehead atoms. The maximum absolute atomic E-state index is 12.3. The number of hydrogen-bond donors (Lipinski definition) is 0. The van der Waals surface area contributed by atoms with E-state index < -0.39 is 9.84 Å². The van der Waals surface area contributed by atoms with Gasteiger partial charge in [-0.2, -0.15) is 0 Å². The molecule has 0 atom stereocenters. The highest BCUT2D eigenvalue weighted by molar-refractivity contribution is 7.89. The molecule has 0 N–H and O–H groups in total. The van der Waals surface area contributed by atoms with Crippen LogP contribution in [0.25, 0.3) is 0 Å². The van der Waals surface area contributed by atoms with Crippen LogP contribution >= 0.6 is 0 Å². The number of benzene rings is 1. The minimum Gasteiger partial charge on any atom is -0.467 e. The maximum atomic E-state index is 12.3. The van der Waals surface area contributed by atoms with Gasteiger partial charge < -0.3 is 9.32 Å². The Hall–Kier alpha value is -2.08. The molecule has 0 saturated heterocycles. The normalized spacial score (nSPS) is 11.3. The Kier molecular flexibility index (Phi) is 4.47. The topological polar surface area (TPSA) is 67.6 Å². The summed E-state index contributed by atoms with van der Waals surface area (Å²) in [4.78, 5) is 13.8. The number of nitrogens with zero attached hydrogens (tertiary/aromatic N) is 1. The van der Waals surface area contributed by atoms with Crippen LogP contribution < -0.4 is 0 Å². The SMILES string of the molecule is CN(Cc1ccco1)C(=O)c1cccc(CS(C)(=O)=O)c1. The van der Waals surface area contributed by atoms with Crippen LogP contribution in [0.15, 0.2) is 47.1 Å². The Balaban J connectivity index is 2.13. The number of carbonyl (C=O) groups excluding carboxylic acids is 1. The predicted molar refractivity (Wildman–Crippen MR) is 79.5 cm³/mol. The van der Waals surface area contributed by atoms with E-state index in [1.165, 1.54) is 11.2 Å². The summed E-state index contributed by atoms with van der Waals surface area (Å²) in [7, 11) is -1.45. The van der Waals surface area contributed by atoms with Gasteiger partial charge in [0.05, 0.1) is 18.6 Å². The molecule has 6 heteroatoms. The van der Waals surface area contributed by atoms with Gasteiger partial charge in [0.25, 0.3) is 5.91 Å². The molecule has 0 unspecified atom stereocenters. The molecular formula is C15H17NO4S. The lowest BCUT2D eigenvalue weighted by molar-refractivity contribution is 0.0775. The standard InChI is InChI=1S/C15H17NO4S/c1-16(10-14-7-4-8-20-14)15(17)13-6-3-5-12(9-13)11-21(2,18)19/h3-9H,10-11H2,1-2H3. The second-order valence-corrected chi connectivity index (χ2v) is 7.15. The number of rotatable bonds is 5. The fourth-order valence-corrected chi connectivity index (χ4v) is 2.81. The molecule has 0 aliphatic carbocycles. The molecule has 1 aromatic heterocycles. The Bertz CT molecular complexity index is 720. The third-order valence-corrected chi connectivity index (χ3v) is 3.78. The highest BCUT2D eigenvalue weighted by Crippen LogP contribution is 2.12. The Labute approximate surface area is 124 Å². The summed E-state index contributed by atoms with van der Waals surface area (Å²) < 4.78 is 27.8. The molecule has 0 aliphatic rings. The van der Waals surface area contributed by atoms with Crippen molar-refractivity contribution in [1.29, 1.82) is 0 Å². The molecule has 0 radical (unpaired) electrons. The molecule has 0 aliphatic heterocycles. The molecule has 21 heavy (non-hydrogen) atoms. The molecule has 2 rings (SSSR count). The van der Waals surface area contributed by atoms with E-state index in [0.717, 1.165) is 0 Å². The van der Waals surface area contributed by atoms with Crippen molar-refractivity contribution in [3.63, 3.8) is 0 Å². The summed E-state index contributed by atoms with van der Waals surface area (Å²) in [6.07, 6.45) is 2.73. The molecule has 0 spiro atoms. The number of hydrogen-bond acceptors (Lipinski definition) is 4. The van der Waals surface area contributed by atoms with E-state index in [1.807, 2.05) is 0 Å². The second kappa shape index (κ2) is 6.13. The molecule has 0 fully saturated rings. The molecule has 1 heterocycles. The lowest BCUT2D eigenvalue weighted by Crippen LogP contribution is -2.26. The molecule has 1 aromatic carbocycles. The van der Waals surface area contributed by atoms with Crippen LogP contribution in [0.5, 0.6) is 0 Å². The highest BCUT2D eigenvalue weighted by atomic mass is 32.2. The van der Waals surface area contributed by atoms with Crippen molar-refractivity contribution in [3.05, 3.63) is 59.5 Å². The zero-order valence-electron chi connectivity index (χ0n) is 11.9. The van der Waals surface area contributed by atoms with E-state index in [-0.39, 0.29) is 11.7 Å². The first-order chi connectivity index (χ1) is 9.85. The molecule has 0 saturated carbocycles. The van der Waals surface area contributed by atoms with E-state index >= 15 is 0 Å². The summed E-state index contributed by atoms with van der Waals surface area (Å²) in [5, 5.41) is 0. The number of furan rings is 1. The lowest BCUT2D eigenvalue weighted by atomic mass is 10.1. The van der Waals surface area contributed by atoms with E-state index in [0.29, 0.717) is 23.4 Å². The highest BCUT2D eigenvalue weighted by Gasteiger charge is 2.14. The van der Waals surface area contributed by atoms with Crippen molar-refractivity contribution in [3.8, 4) is 0 Å². The van der Waals surface area contributed by atoms with Gasteiger partial charge >= 0.3 is 0 Å². The summed E-state index contributed by atoms with van der Waals surface area (Å²) in [5.74, 6) is 0.440. The van der Waals surface area contributed by atoms with Gasteiger partial charge in [-0.15, -0.1) is 0 Å². The summed E-state index contributed by atoms with van der Waals surface area (Å²) in [6, 6.07) is 10.2. The number of amides is 1. The van der Waals surface area contributed by atoms with Crippen molar-refractivity contribution in [2.24, 2.45) is 0 Å². The van der Waals surface area contributed by atoms with Crippen LogP contribution in [0, 0.1) is 0 Å². The van der Waals surface area contributed by atoms with Crippen molar-refractivity contribution in [2.45, 2.75) is 12.3 Å². The Morgan fingerprint density at radius 2 is 2.00 bits per heavy atom. The van der Waals surface area contributed by atoms with E-state index in [4.69, 9.17) is 4.42 Å². The molecule has 5 nitrogen and oxygen atoms in total. The first kappa shape index (κ1) is 15.3. The zero-order chi connectivity index (χ0) is 15.5. The molecule has 112 valence electrons. The summed E-state index contributed by atoms with van der Waals surface area (Å²) in [5.41, 5.74) is 1.07. The maximum Gasteiger partial charge on any atom is 0.254 e. The van der Waals surface area contributed by atoms with Crippen LogP contribution in [0.1, 0.15) is 21.7 Å². The summed E-state index contributed by atoms with van der Waals surface area (Å²) >= 11 is 0. The van der Waals surface area contributed by atoms with Gasteiger partial charge in [-0.1, -0.05) is 12.1 Å². The zero-order valence-corrected chi connectivity index (χ0v) is 12.8. The average Bonchev–Trinajstić information content (AvgIpc) is 2.89. The van der Waals surface area contributed by atoms with Gasteiger partial charge in [0.15, 0.2) is 9.84 Å². The summed E-state index contributed by atoms with van der Waals surface area (Å²) in [6.45, 7) is 0.363. The first-order valence-electron chi connectivity index (χ1n) is 6.40. The van der Waals surface area contributed by atoms with Crippen molar-refractivity contribution >= 4 is 15.7 Å². The number of carbonyl (C=O) groups is 1. The molecule has 1 amide bonds. The predicted octanol–water partition coefficient (Wildman–Crippen LogP) is 2.10. The monoisotopic (exact) mass is 307 g/mol. The van der Waals surface area contributed by atoms with Gasteiger partial charge in [0.1, 0.15) is 5.76 Å². The van der Waals surface area contributed by atoms with Crippen molar-refractivity contribution in [2.75, 3.05) is 13.3 Å². The Morgan fingerprint density at radius 1 is 1.24 bits per heavy atom. The fourth-order valence-electron chi connectivity index (χ4n) is 2.03. The van der Waals surface area contributed by atoms with Gasteiger partial charge in [-0.25, -0.2) is 8.42 Å². The average molecular weight is 307 g/mol. The van der Waals surface area contributed by atoms with E-state index in [2.05, 4.69) is 0 Å². The minimum atomic E-state index is -3.12. The first-order valence-corrected chi connectivity index (χ1v) is 8.46. The second-order valence-electron chi connectivity index (χ2n) is 5.01. The Morgan fingerprint density at radius 3 is 2.62 bits per heavy atom. The van der Waals surface area contributed by atoms with Crippen molar-refractivity contribution < 1.29 is 17.6 Å². The minimum absolute atomic E-state index is 0.0734. The quantitative estimate of drug-likeness (QED) is 0.848. The van der Waals surface area contributed by atoms with Gasteiger partial charge in [-0.05, 0) is 29.8 Å². The smallest absolute Gasteiger partial charge is 0.254 e. The fraction of sp³-hybridized carbons (Fsp3) is 0.267. The molecular weight excluding hydrogens is 290 g/mol. The van der Waals surface area contributed by atoms with Crippen LogP contribution in [-0.2, 0) is 22.1 Å². The van der Waals surface area contributed by atoms with Crippen LogP contribution in [0.4, 0.5) is 0 Å². The third-order valence-electron chi connectivity index (χ3n) is 2.92. The van der Waals surface area contributed by atoms with E-state index in [1.54, 1.807) is 49.7 Å². The molecule has 2 aromatic rings. The van der Waals surface area contributed by atoms with Crippen LogP contribution in [-0.4, -0.2) is 32.5 Å². The van der Waals surface area contributed by atoms with E-state index in [9.17, 15) is 13.2 Å². The van der Waals surface area contributed by atoms with Gasteiger partial charge in [0.2, 0.25) is 0 Å². The lowest BCUT2D eigenvalue weighted by Gasteiger charge is -2.16. The van der Waals surface area contributed by atoms with Crippen LogP contribution in [0.2, 0.25) is 0 Å². The van der Waals surface area contributed by atoms with Crippen LogP contribution in [0.3, 0.4) is 0 Å². The van der Waals surface area contributed by atoms with Crippen molar-refractivity contribution in [1.82, 2.24) is 4.90 Å².